The first-order valence-electron chi connectivity index (χ1n) is 8.75. The van der Waals surface area contributed by atoms with Gasteiger partial charge in [-0.3, -0.25) is 0 Å². The van der Waals surface area contributed by atoms with Crippen LogP contribution in [0.1, 0.15) is 29.9 Å². The summed E-state index contributed by atoms with van der Waals surface area (Å²) < 4.78 is 31.7. The number of hydrogen-bond acceptors (Lipinski definition) is 6. The second-order valence-corrected chi connectivity index (χ2v) is 9.21. The van der Waals surface area contributed by atoms with Crippen molar-refractivity contribution in [2.75, 3.05) is 17.6 Å². The fraction of sp³-hybridized carbons (Fsp3) is 0.444. The van der Waals surface area contributed by atoms with Crippen LogP contribution in [0.15, 0.2) is 29.1 Å². The minimum Gasteiger partial charge on any atom is -0.467 e. The van der Waals surface area contributed by atoms with Gasteiger partial charge in [0.05, 0.1) is 29.2 Å². The van der Waals surface area contributed by atoms with E-state index in [4.69, 9.17) is 4.42 Å². The molecule has 3 aromatic rings. The molecular formula is C18H22N4O3S. The summed E-state index contributed by atoms with van der Waals surface area (Å²) in [5.41, 5.74) is 3.00. The van der Waals surface area contributed by atoms with Crippen LogP contribution in [0, 0.1) is 13.8 Å². The van der Waals surface area contributed by atoms with Gasteiger partial charge in [0.1, 0.15) is 23.6 Å². The highest BCUT2D eigenvalue weighted by Gasteiger charge is 2.31. The Bertz CT molecular complexity index is 1040. The van der Waals surface area contributed by atoms with Gasteiger partial charge in [0, 0.05) is 12.2 Å². The van der Waals surface area contributed by atoms with E-state index < -0.39 is 9.84 Å². The third-order valence-corrected chi connectivity index (χ3v) is 7.54. The Kier molecular flexibility index (Phi) is 4.22. The van der Waals surface area contributed by atoms with Gasteiger partial charge in [-0.25, -0.2) is 18.4 Å². The first-order chi connectivity index (χ1) is 12.5. The highest BCUT2D eigenvalue weighted by Crippen LogP contribution is 2.30. The maximum Gasteiger partial charge on any atom is 0.154 e. The van der Waals surface area contributed by atoms with Crippen LogP contribution < -0.4 is 5.32 Å². The molecule has 1 N–H and O–H groups in total. The number of fused-ring (bicyclic) bond motifs is 1. The Labute approximate surface area is 152 Å². The summed E-state index contributed by atoms with van der Waals surface area (Å²) in [5, 5.41) is 3.86. The number of aryl methyl sites for hydroxylation is 1. The number of hydrogen-bond donors (Lipinski definition) is 1. The highest BCUT2D eigenvalue weighted by molar-refractivity contribution is 7.92. The molecule has 138 valence electrons. The maximum absolute atomic E-state index is 12.1. The van der Waals surface area contributed by atoms with Crippen molar-refractivity contribution >= 4 is 26.7 Å². The van der Waals surface area contributed by atoms with Crippen LogP contribution in [0.5, 0.6) is 0 Å². The molecule has 0 spiro atoms. The van der Waals surface area contributed by atoms with Gasteiger partial charge in [0.25, 0.3) is 0 Å². The molecule has 0 amide bonds. The van der Waals surface area contributed by atoms with Gasteiger partial charge in [-0.15, -0.1) is 0 Å². The number of anilines is 1. The molecule has 0 bridgehead atoms. The molecule has 1 aliphatic heterocycles. The summed E-state index contributed by atoms with van der Waals surface area (Å²) in [6.07, 6.45) is 4.63. The van der Waals surface area contributed by atoms with Crippen molar-refractivity contribution in [1.29, 1.82) is 0 Å². The van der Waals surface area contributed by atoms with Crippen molar-refractivity contribution < 1.29 is 12.8 Å². The first kappa shape index (κ1) is 17.1. The molecule has 4 heterocycles. The van der Waals surface area contributed by atoms with Crippen LogP contribution in [-0.4, -0.2) is 40.5 Å². The Balaban J connectivity index is 1.68. The molecule has 3 aromatic heterocycles. The standard InChI is InChI=1S/C18H22N4O3S/c1-12-13(2)22(10-14-5-3-7-25-14)18-16(12)17(20-11-21-18)19-9-15-6-4-8-26(15,23)24/h3,5,7,11,15H,4,6,8-10H2,1-2H3,(H,19,20,21)/t15-/m1/s1. The van der Waals surface area contributed by atoms with E-state index in [1.807, 2.05) is 26.0 Å². The third-order valence-electron chi connectivity index (χ3n) is 5.26. The van der Waals surface area contributed by atoms with Crippen LogP contribution in [0.25, 0.3) is 11.0 Å². The molecule has 0 saturated carbocycles. The van der Waals surface area contributed by atoms with Crippen LogP contribution in [0.3, 0.4) is 0 Å². The van der Waals surface area contributed by atoms with Gasteiger partial charge < -0.3 is 14.3 Å². The predicted octanol–water partition coefficient (Wildman–Crippen LogP) is 2.68. The smallest absolute Gasteiger partial charge is 0.154 e. The summed E-state index contributed by atoms with van der Waals surface area (Å²) in [7, 11) is -2.98. The van der Waals surface area contributed by atoms with Crippen LogP contribution in [-0.2, 0) is 16.4 Å². The zero-order valence-corrected chi connectivity index (χ0v) is 15.7. The van der Waals surface area contributed by atoms with Gasteiger partial charge >= 0.3 is 0 Å². The van der Waals surface area contributed by atoms with Gasteiger partial charge in [-0.1, -0.05) is 0 Å². The summed E-state index contributed by atoms with van der Waals surface area (Å²) in [5.74, 6) is 1.84. The Morgan fingerprint density at radius 2 is 2.19 bits per heavy atom. The molecule has 1 aliphatic rings. The van der Waals surface area contributed by atoms with E-state index in [2.05, 4.69) is 19.9 Å². The Hall–Kier alpha value is -2.35. The molecule has 0 radical (unpaired) electrons. The largest absolute Gasteiger partial charge is 0.467 e. The fourth-order valence-corrected chi connectivity index (χ4v) is 5.42. The zero-order chi connectivity index (χ0) is 18.3. The molecule has 0 aromatic carbocycles. The van der Waals surface area contributed by atoms with Crippen molar-refractivity contribution in [2.24, 2.45) is 0 Å². The van der Waals surface area contributed by atoms with E-state index in [1.165, 1.54) is 6.33 Å². The fourth-order valence-electron chi connectivity index (χ4n) is 3.65. The van der Waals surface area contributed by atoms with Crippen LogP contribution >= 0.6 is 0 Å². The van der Waals surface area contributed by atoms with Crippen molar-refractivity contribution in [1.82, 2.24) is 14.5 Å². The molecule has 1 atom stereocenters. The molecule has 1 fully saturated rings. The summed E-state index contributed by atoms with van der Waals surface area (Å²) in [4.78, 5) is 8.84. The van der Waals surface area contributed by atoms with E-state index in [0.717, 1.165) is 34.5 Å². The Morgan fingerprint density at radius 3 is 2.88 bits per heavy atom. The van der Waals surface area contributed by atoms with Crippen LogP contribution in [0.2, 0.25) is 0 Å². The van der Waals surface area contributed by atoms with E-state index in [0.29, 0.717) is 25.3 Å². The lowest BCUT2D eigenvalue weighted by molar-refractivity contribution is 0.494. The zero-order valence-electron chi connectivity index (χ0n) is 14.9. The monoisotopic (exact) mass is 374 g/mol. The number of aromatic nitrogens is 3. The predicted molar refractivity (Wildman–Crippen MR) is 100 cm³/mol. The molecule has 0 aliphatic carbocycles. The lowest BCUT2D eigenvalue weighted by Gasteiger charge is -2.12. The van der Waals surface area contributed by atoms with Gasteiger partial charge in [-0.2, -0.15) is 0 Å². The summed E-state index contributed by atoms with van der Waals surface area (Å²) in [6, 6.07) is 3.80. The normalized spacial score (nSPS) is 19.2. The average molecular weight is 374 g/mol. The van der Waals surface area contributed by atoms with Gasteiger partial charge in [-0.05, 0) is 44.4 Å². The number of furan rings is 1. The number of nitrogens with one attached hydrogen (secondary N) is 1. The second-order valence-electron chi connectivity index (χ2n) is 6.81. The van der Waals surface area contributed by atoms with Gasteiger partial charge in [0.2, 0.25) is 0 Å². The molecule has 0 unspecified atom stereocenters. The topological polar surface area (TPSA) is 90.0 Å². The lowest BCUT2D eigenvalue weighted by Crippen LogP contribution is -2.25. The highest BCUT2D eigenvalue weighted by atomic mass is 32.2. The quantitative estimate of drug-likeness (QED) is 0.738. The van der Waals surface area contributed by atoms with Crippen molar-refractivity contribution in [3.63, 3.8) is 0 Å². The van der Waals surface area contributed by atoms with Gasteiger partial charge in [0.15, 0.2) is 9.84 Å². The Morgan fingerprint density at radius 1 is 1.35 bits per heavy atom. The average Bonchev–Trinajstić information content (AvgIpc) is 3.30. The van der Waals surface area contributed by atoms with E-state index in [1.54, 1.807) is 6.26 Å². The second kappa shape index (κ2) is 6.42. The van der Waals surface area contributed by atoms with Crippen molar-refractivity contribution in [2.45, 2.75) is 38.5 Å². The summed E-state index contributed by atoms with van der Waals surface area (Å²) in [6.45, 7) is 5.06. The van der Waals surface area contributed by atoms with E-state index >= 15 is 0 Å². The number of sulfone groups is 1. The minimum absolute atomic E-state index is 0.288. The number of rotatable bonds is 5. The minimum atomic E-state index is -2.98. The lowest BCUT2D eigenvalue weighted by atomic mass is 10.2. The van der Waals surface area contributed by atoms with Crippen molar-refractivity contribution in [3.05, 3.63) is 41.7 Å². The SMILES string of the molecule is Cc1c(C)n(Cc2ccco2)c2ncnc(NC[C@H]3CCCS3(=O)=O)c12. The van der Waals surface area contributed by atoms with Crippen molar-refractivity contribution in [3.8, 4) is 0 Å². The molecular weight excluding hydrogens is 352 g/mol. The third kappa shape index (κ3) is 2.88. The molecule has 7 nitrogen and oxygen atoms in total. The molecule has 26 heavy (non-hydrogen) atoms. The maximum atomic E-state index is 12.1. The molecule has 8 heteroatoms. The van der Waals surface area contributed by atoms with Crippen LogP contribution in [0.4, 0.5) is 5.82 Å². The van der Waals surface area contributed by atoms with E-state index in [-0.39, 0.29) is 11.0 Å². The molecule has 4 rings (SSSR count). The molecule has 1 saturated heterocycles. The first-order valence-corrected chi connectivity index (χ1v) is 10.5. The van der Waals surface area contributed by atoms with E-state index in [9.17, 15) is 8.42 Å². The summed E-state index contributed by atoms with van der Waals surface area (Å²) >= 11 is 0. The number of nitrogens with zero attached hydrogens (tertiary/aromatic N) is 3.